The lowest BCUT2D eigenvalue weighted by Gasteiger charge is -2.10. The third-order valence-corrected chi connectivity index (χ3v) is 2.85. The molecule has 0 aliphatic heterocycles. The molecule has 0 aliphatic carbocycles. The average Bonchev–Trinajstić information content (AvgIpc) is 2.13. The van der Waals surface area contributed by atoms with Crippen LogP contribution in [-0.4, -0.2) is 17.5 Å². The molecule has 0 bridgehead atoms. The van der Waals surface area contributed by atoms with Gasteiger partial charge in [0.05, 0.1) is 0 Å². The van der Waals surface area contributed by atoms with Crippen LogP contribution in [-0.2, 0) is 0 Å². The van der Waals surface area contributed by atoms with Crippen LogP contribution >= 0.6 is 25.3 Å². The Morgan fingerprint density at radius 1 is 0.769 bits per heavy atom. The van der Waals surface area contributed by atoms with Gasteiger partial charge < -0.3 is 5.73 Å². The van der Waals surface area contributed by atoms with E-state index in [1.165, 1.54) is 44.9 Å². The van der Waals surface area contributed by atoms with Gasteiger partial charge in [0, 0.05) is 6.04 Å². The van der Waals surface area contributed by atoms with Gasteiger partial charge in [-0.05, 0) is 37.2 Å². The number of nitrogens with two attached hydrogens (primary N) is 1. The van der Waals surface area contributed by atoms with Crippen molar-refractivity contribution >= 4 is 25.3 Å². The molecule has 2 N–H and O–H groups in total. The number of unbranched alkanes of at least 4 members (excludes halogenated alkanes) is 3. The van der Waals surface area contributed by atoms with Gasteiger partial charge in [-0.3, -0.25) is 0 Å². The van der Waals surface area contributed by atoms with Crippen molar-refractivity contribution in [2.45, 2.75) is 51.0 Å². The fraction of sp³-hybridized carbons (Fsp3) is 1.00. The van der Waals surface area contributed by atoms with Crippen LogP contribution < -0.4 is 5.73 Å². The van der Waals surface area contributed by atoms with Crippen LogP contribution in [0.2, 0.25) is 0 Å². The first kappa shape index (κ1) is 13.7. The van der Waals surface area contributed by atoms with Crippen molar-refractivity contribution in [2.75, 3.05) is 11.5 Å². The second-order valence-corrected chi connectivity index (χ2v) is 4.45. The number of thiol groups is 2. The SMILES string of the molecule is NC(CCCCS)CCCCCS. The smallest absolute Gasteiger partial charge is 0.00388 e. The van der Waals surface area contributed by atoms with Crippen molar-refractivity contribution in [1.82, 2.24) is 0 Å². The molecule has 0 saturated heterocycles. The van der Waals surface area contributed by atoms with Crippen LogP contribution in [0, 0.1) is 0 Å². The first-order chi connectivity index (χ1) is 6.31. The van der Waals surface area contributed by atoms with Gasteiger partial charge in [-0.2, -0.15) is 25.3 Å². The second-order valence-electron chi connectivity index (χ2n) is 3.55. The van der Waals surface area contributed by atoms with E-state index in [4.69, 9.17) is 5.73 Å². The van der Waals surface area contributed by atoms with Crippen molar-refractivity contribution in [3.8, 4) is 0 Å². The maximum atomic E-state index is 5.95. The van der Waals surface area contributed by atoms with E-state index in [2.05, 4.69) is 25.3 Å². The molecule has 1 unspecified atom stereocenters. The van der Waals surface area contributed by atoms with Gasteiger partial charge in [0.25, 0.3) is 0 Å². The highest BCUT2D eigenvalue weighted by Crippen LogP contribution is 2.08. The average molecular weight is 221 g/mol. The molecule has 0 fully saturated rings. The zero-order valence-corrected chi connectivity index (χ0v) is 10.2. The maximum Gasteiger partial charge on any atom is 0.00388 e. The van der Waals surface area contributed by atoms with Crippen LogP contribution in [0.15, 0.2) is 0 Å². The molecule has 3 heteroatoms. The molecule has 0 aromatic heterocycles. The van der Waals surface area contributed by atoms with Gasteiger partial charge in [-0.1, -0.05) is 19.3 Å². The molecule has 80 valence electrons. The largest absolute Gasteiger partial charge is 0.328 e. The molecule has 0 saturated carbocycles. The summed E-state index contributed by atoms with van der Waals surface area (Å²) in [6.45, 7) is 0. The van der Waals surface area contributed by atoms with Crippen LogP contribution in [0.25, 0.3) is 0 Å². The fourth-order valence-corrected chi connectivity index (χ4v) is 1.80. The molecule has 0 rings (SSSR count). The Labute approximate surface area is 93.7 Å². The highest BCUT2D eigenvalue weighted by atomic mass is 32.1. The molecule has 0 heterocycles. The quantitative estimate of drug-likeness (QED) is 0.405. The lowest BCUT2D eigenvalue weighted by Crippen LogP contribution is -2.19. The van der Waals surface area contributed by atoms with Crippen molar-refractivity contribution in [2.24, 2.45) is 5.73 Å². The van der Waals surface area contributed by atoms with E-state index in [-0.39, 0.29) is 0 Å². The van der Waals surface area contributed by atoms with Crippen molar-refractivity contribution in [3.63, 3.8) is 0 Å². The monoisotopic (exact) mass is 221 g/mol. The molecule has 0 spiro atoms. The summed E-state index contributed by atoms with van der Waals surface area (Å²) in [7, 11) is 0. The molecule has 0 aliphatic rings. The van der Waals surface area contributed by atoms with Crippen molar-refractivity contribution in [1.29, 1.82) is 0 Å². The standard InChI is InChI=1S/C10H23NS2/c11-10(7-3-5-9-13)6-2-1-4-8-12/h10,12-13H,1-9,11H2. The van der Waals surface area contributed by atoms with E-state index >= 15 is 0 Å². The Balaban J connectivity index is 3.05. The summed E-state index contributed by atoms with van der Waals surface area (Å²) >= 11 is 8.35. The second kappa shape index (κ2) is 10.7. The minimum atomic E-state index is 0.416. The van der Waals surface area contributed by atoms with Crippen molar-refractivity contribution < 1.29 is 0 Å². The van der Waals surface area contributed by atoms with E-state index in [0.717, 1.165) is 11.5 Å². The lowest BCUT2D eigenvalue weighted by atomic mass is 10.0. The minimum Gasteiger partial charge on any atom is -0.328 e. The predicted octanol–water partition coefficient (Wildman–Crippen LogP) is 2.90. The molecule has 1 nitrogen and oxygen atoms in total. The first-order valence-corrected chi connectivity index (χ1v) is 6.55. The summed E-state index contributed by atoms with van der Waals surface area (Å²) in [4.78, 5) is 0. The van der Waals surface area contributed by atoms with Gasteiger partial charge in [-0.25, -0.2) is 0 Å². The third kappa shape index (κ3) is 10.6. The van der Waals surface area contributed by atoms with Crippen LogP contribution in [0.5, 0.6) is 0 Å². The summed E-state index contributed by atoms with van der Waals surface area (Å²) < 4.78 is 0. The zero-order chi connectivity index (χ0) is 9.94. The van der Waals surface area contributed by atoms with Crippen molar-refractivity contribution in [3.05, 3.63) is 0 Å². The highest BCUT2D eigenvalue weighted by molar-refractivity contribution is 7.80. The maximum absolute atomic E-state index is 5.95. The van der Waals surface area contributed by atoms with Crippen LogP contribution in [0.3, 0.4) is 0 Å². The molecule has 0 aromatic carbocycles. The van der Waals surface area contributed by atoms with E-state index in [0.29, 0.717) is 6.04 Å². The van der Waals surface area contributed by atoms with E-state index in [9.17, 15) is 0 Å². The molecular formula is C10H23NS2. The number of hydrogen-bond donors (Lipinski definition) is 3. The third-order valence-electron chi connectivity index (χ3n) is 2.22. The number of rotatable bonds is 9. The zero-order valence-electron chi connectivity index (χ0n) is 8.41. The van der Waals surface area contributed by atoms with Crippen LogP contribution in [0.1, 0.15) is 44.9 Å². The lowest BCUT2D eigenvalue weighted by molar-refractivity contribution is 0.512. The molecular weight excluding hydrogens is 198 g/mol. The molecule has 0 radical (unpaired) electrons. The normalized spacial score (nSPS) is 13.2. The Morgan fingerprint density at radius 2 is 1.23 bits per heavy atom. The summed E-state index contributed by atoms with van der Waals surface area (Å²) in [6, 6.07) is 0.416. The summed E-state index contributed by atoms with van der Waals surface area (Å²) in [6.07, 6.45) is 8.56. The van der Waals surface area contributed by atoms with Crippen LogP contribution in [0.4, 0.5) is 0 Å². The Kier molecular flexibility index (Phi) is 11.3. The highest BCUT2D eigenvalue weighted by Gasteiger charge is 2.01. The topological polar surface area (TPSA) is 26.0 Å². The number of hydrogen-bond acceptors (Lipinski definition) is 3. The minimum absolute atomic E-state index is 0.416. The van der Waals surface area contributed by atoms with Gasteiger partial charge in [-0.15, -0.1) is 0 Å². The fourth-order valence-electron chi connectivity index (χ4n) is 1.36. The summed E-state index contributed by atoms with van der Waals surface area (Å²) in [5.41, 5.74) is 5.95. The molecule has 0 aromatic rings. The molecule has 13 heavy (non-hydrogen) atoms. The van der Waals surface area contributed by atoms with Gasteiger partial charge in [0.15, 0.2) is 0 Å². The Hall–Kier alpha value is 0.660. The van der Waals surface area contributed by atoms with E-state index in [1.807, 2.05) is 0 Å². The van der Waals surface area contributed by atoms with Gasteiger partial charge >= 0.3 is 0 Å². The molecule has 1 atom stereocenters. The Bertz CT molecular complexity index is 98.9. The summed E-state index contributed by atoms with van der Waals surface area (Å²) in [5.74, 6) is 2.00. The van der Waals surface area contributed by atoms with Gasteiger partial charge in [0.1, 0.15) is 0 Å². The van der Waals surface area contributed by atoms with E-state index in [1.54, 1.807) is 0 Å². The van der Waals surface area contributed by atoms with Gasteiger partial charge in [0.2, 0.25) is 0 Å². The Morgan fingerprint density at radius 3 is 1.77 bits per heavy atom. The first-order valence-electron chi connectivity index (χ1n) is 5.28. The van der Waals surface area contributed by atoms with E-state index < -0.39 is 0 Å². The molecule has 0 amide bonds. The summed E-state index contributed by atoms with van der Waals surface area (Å²) in [5, 5.41) is 0. The predicted molar refractivity (Wildman–Crippen MR) is 68.0 cm³/mol.